The molecule has 6 nitrogen and oxygen atoms in total. The number of morpholine rings is 1. The molecule has 0 unspecified atom stereocenters. The first-order valence-electron chi connectivity index (χ1n) is 9.50. The number of rotatable bonds is 3. The number of pyridine rings is 1. The highest BCUT2D eigenvalue weighted by molar-refractivity contribution is 6.09. The van der Waals surface area contributed by atoms with Gasteiger partial charge in [0.1, 0.15) is 5.82 Å². The highest BCUT2D eigenvalue weighted by Gasteiger charge is 2.24. The number of piperazine rings is 1. The van der Waals surface area contributed by atoms with Crippen molar-refractivity contribution in [3.63, 3.8) is 0 Å². The van der Waals surface area contributed by atoms with Gasteiger partial charge in [-0.25, -0.2) is 4.98 Å². The SMILES string of the molecule is CCN1CCN(C(=O)c2cnc(N3CCOCC3)c3ccccc23)CC1. The first kappa shape index (κ1) is 17.2. The predicted molar refractivity (Wildman–Crippen MR) is 103 cm³/mol. The second-order valence-electron chi connectivity index (χ2n) is 6.87. The van der Waals surface area contributed by atoms with Crippen LogP contribution >= 0.6 is 0 Å². The van der Waals surface area contributed by atoms with Crippen molar-refractivity contribution >= 4 is 22.5 Å². The summed E-state index contributed by atoms with van der Waals surface area (Å²) in [6, 6.07) is 8.12. The number of nitrogens with zero attached hydrogens (tertiary/aromatic N) is 4. The van der Waals surface area contributed by atoms with E-state index in [1.165, 1.54) is 0 Å². The van der Waals surface area contributed by atoms with Crippen molar-refractivity contribution in [2.45, 2.75) is 6.92 Å². The molecular formula is C20H26N4O2. The molecular weight excluding hydrogens is 328 g/mol. The molecule has 1 aromatic heterocycles. The van der Waals surface area contributed by atoms with Gasteiger partial charge in [0.25, 0.3) is 5.91 Å². The lowest BCUT2D eigenvalue weighted by atomic mass is 10.0. The molecule has 0 N–H and O–H groups in total. The zero-order valence-electron chi connectivity index (χ0n) is 15.4. The van der Waals surface area contributed by atoms with Gasteiger partial charge >= 0.3 is 0 Å². The summed E-state index contributed by atoms with van der Waals surface area (Å²) in [5.74, 6) is 1.05. The van der Waals surface area contributed by atoms with Gasteiger partial charge in [-0.05, 0) is 11.9 Å². The van der Waals surface area contributed by atoms with E-state index in [2.05, 4.69) is 27.8 Å². The van der Waals surface area contributed by atoms with Gasteiger partial charge in [0.05, 0.1) is 18.8 Å². The Morgan fingerprint density at radius 1 is 1.04 bits per heavy atom. The minimum Gasteiger partial charge on any atom is -0.378 e. The number of aromatic nitrogens is 1. The topological polar surface area (TPSA) is 48.9 Å². The fourth-order valence-corrected chi connectivity index (χ4v) is 3.81. The Bertz CT molecular complexity index is 780. The molecule has 1 amide bonds. The third kappa shape index (κ3) is 3.27. The average Bonchev–Trinajstić information content (AvgIpc) is 2.73. The average molecular weight is 354 g/mol. The molecule has 0 aliphatic carbocycles. The van der Waals surface area contributed by atoms with Crippen molar-refractivity contribution in [1.29, 1.82) is 0 Å². The van der Waals surface area contributed by atoms with Gasteiger partial charge in [-0.2, -0.15) is 0 Å². The monoisotopic (exact) mass is 354 g/mol. The van der Waals surface area contributed by atoms with E-state index in [1.54, 1.807) is 6.20 Å². The quantitative estimate of drug-likeness (QED) is 0.842. The number of carbonyl (C=O) groups excluding carboxylic acids is 1. The predicted octanol–water partition coefficient (Wildman–Crippen LogP) is 1.85. The van der Waals surface area contributed by atoms with Crippen LogP contribution in [0, 0.1) is 0 Å². The van der Waals surface area contributed by atoms with Crippen LogP contribution in [-0.4, -0.2) is 79.7 Å². The molecule has 0 saturated carbocycles. The van der Waals surface area contributed by atoms with Crippen LogP contribution in [0.2, 0.25) is 0 Å². The maximum absolute atomic E-state index is 13.1. The molecule has 1 aromatic carbocycles. The summed E-state index contributed by atoms with van der Waals surface area (Å²) in [5.41, 5.74) is 0.711. The highest BCUT2D eigenvalue weighted by Crippen LogP contribution is 2.28. The molecule has 0 spiro atoms. The molecule has 4 rings (SSSR count). The number of likely N-dealkylation sites (N-methyl/N-ethyl adjacent to an activating group) is 1. The minimum atomic E-state index is 0.0954. The van der Waals surface area contributed by atoms with E-state index in [0.29, 0.717) is 5.56 Å². The number of benzene rings is 1. The Balaban J connectivity index is 1.65. The minimum absolute atomic E-state index is 0.0954. The zero-order chi connectivity index (χ0) is 17.9. The van der Waals surface area contributed by atoms with Crippen LogP contribution < -0.4 is 4.90 Å². The Morgan fingerprint density at radius 2 is 1.73 bits per heavy atom. The molecule has 138 valence electrons. The summed E-state index contributed by atoms with van der Waals surface area (Å²) in [6.45, 7) is 9.78. The van der Waals surface area contributed by atoms with Crippen LogP contribution in [0.4, 0.5) is 5.82 Å². The second-order valence-corrected chi connectivity index (χ2v) is 6.87. The molecule has 0 radical (unpaired) electrons. The van der Waals surface area contributed by atoms with Gasteiger partial charge in [0, 0.05) is 50.9 Å². The molecule has 2 aliphatic heterocycles. The van der Waals surface area contributed by atoms with Gasteiger partial charge in [0.2, 0.25) is 0 Å². The maximum Gasteiger partial charge on any atom is 0.256 e. The number of anilines is 1. The lowest BCUT2D eigenvalue weighted by Crippen LogP contribution is -2.48. The van der Waals surface area contributed by atoms with Gasteiger partial charge in [0.15, 0.2) is 0 Å². The highest BCUT2D eigenvalue weighted by atomic mass is 16.5. The van der Waals surface area contributed by atoms with E-state index >= 15 is 0 Å². The van der Waals surface area contributed by atoms with Crippen LogP contribution in [0.5, 0.6) is 0 Å². The smallest absolute Gasteiger partial charge is 0.256 e. The number of carbonyl (C=O) groups is 1. The van der Waals surface area contributed by atoms with Crippen molar-refractivity contribution in [2.24, 2.45) is 0 Å². The van der Waals surface area contributed by atoms with Crippen molar-refractivity contribution < 1.29 is 9.53 Å². The molecule has 2 aromatic rings. The zero-order valence-corrected chi connectivity index (χ0v) is 15.4. The molecule has 26 heavy (non-hydrogen) atoms. The lowest BCUT2D eigenvalue weighted by Gasteiger charge is -2.34. The summed E-state index contributed by atoms with van der Waals surface area (Å²) >= 11 is 0. The molecule has 0 atom stereocenters. The number of hydrogen-bond acceptors (Lipinski definition) is 5. The van der Waals surface area contributed by atoms with Crippen molar-refractivity contribution in [2.75, 3.05) is 63.9 Å². The molecule has 2 aliphatic rings. The first-order chi connectivity index (χ1) is 12.8. The van der Waals surface area contributed by atoms with E-state index in [4.69, 9.17) is 4.74 Å². The van der Waals surface area contributed by atoms with E-state index < -0.39 is 0 Å². The Labute approximate surface area is 154 Å². The Kier molecular flexibility index (Phi) is 5.04. The number of fused-ring (bicyclic) bond motifs is 1. The fourth-order valence-electron chi connectivity index (χ4n) is 3.81. The van der Waals surface area contributed by atoms with E-state index in [0.717, 1.165) is 75.6 Å². The largest absolute Gasteiger partial charge is 0.378 e. The normalized spacial score (nSPS) is 19.1. The second kappa shape index (κ2) is 7.60. The fraction of sp³-hybridized carbons (Fsp3) is 0.500. The number of hydrogen-bond donors (Lipinski definition) is 0. The molecule has 0 bridgehead atoms. The summed E-state index contributed by atoms with van der Waals surface area (Å²) < 4.78 is 5.46. The molecule has 2 fully saturated rings. The summed E-state index contributed by atoms with van der Waals surface area (Å²) in [7, 11) is 0. The van der Waals surface area contributed by atoms with Crippen LogP contribution in [0.15, 0.2) is 30.5 Å². The van der Waals surface area contributed by atoms with Gasteiger partial charge in [-0.3, -0.25) is 4.79 Å². The summed E-state index contributed by atoms with van der Waals surface area (Å²) in [5, 5.41) is 2.04. The summed E-state index contributed by atoms with van der Waals surface area (Å²) in [6.07, 6.45) is 1.77. The van der Waals surface area contributed by atoms with Crippen molar-refractivity contribution in [1.82, 2.24) is 14.8 Å². The van der Waals surface area contributed by atoms with Crippen molar-refractivity contribution in [3.05, 3.63) is 36.0 Å². The maximum atomic E-state index is 13.1. The van der Waals surface area contributed by atoms with E-state index in [9.17, 15) is 4.79 Å². The molecule has 3 heterocycles. The van der Waals surface area contributed by atoms with Gasteiger partial charge in [-0.15, -0.1) is 0 Å². The number of amides is 1. The molecule has 2 saturated heterocycles. The van der Waals surface area contributed by atoms with Crippen LogP contribution in [-0.2, 0) is 4.74 Å². The standard InChI is InChI=1S/C20H26N4O2/c1-2-22-7-9-24(10-8-22)20(25)18-15-21-19(23-11-13-26-14-12-23)17-6-4-3-5-16(17)18/h3-6,15H,2,7-14H2,1H3. The first-order valence-corrected chi connectivity index (χ1v) is 9.50. The van der Waals surface area contributed by atoms with Crippen molar-refractivity contribution in [3.8, 4) is 0 Å². The van der Waals surface area contributed by atoms with Gasteiger partial charge < -0.3 is 19.4 Å². The Hall–Kier alpha value is -2.18. The third-order valence-corrected chi connectivity index (χ3v) is 5.42. The van der Waals surface area contributed by atoms with E-state index in [1.807, 2.05) is 23.1 Å². The number of ether oxygens (including phenoxy) is 1. The third-order valence-electron chi connectivity index (χ3n) is 5.42. The van der Waals surface area contributed by atoms with Crippen LogP contribution in [0.25, 0.3) is 10.8 Å². The summed E-state index contributed by atoms with van der Waals surface area (Å²) in [4.78, 5) is 24.4. The Morgan fingerprint density at radius 3 is 2.42 bits per heavy atom. The van der Waals surface area contributed by atoms with Crippen LogP contribution in [0.1, 0.15) is 17.3 Å². The molecule has 6 heteroatoms. The van der Waals surface area contributed by atoms with Crippen LogP contribution in [0.3, 0.4) is 0 Å². The van der Waals surface area contributed by atoms with E-state index in [-0.39, 0.29) is 5.91 Å². The van der Waals surface area contributed by atoms with Gasteiger partial charge in [-0.1, -0.05) is 31.2 Å². The lowest BCUT2D eigenvalue weighted by molar-refractivity contribution is 0.0645.